The van der Waals surface area contributed by atoms with Gasteiger partial charge in [-0.15, -0.1) is 15.3 Å². The summed E-state index contributed by atoms with van der Waals surface area (Å²) in [6.07, 6.45) is 0. The van der Waals surface area contributed by atoms with E-state index in [2.05, 4.69) is 25.2 Å². The van der Waals surface area contributed by atoms with E-state index in [-0.39, 0.29) is 66.6 Å². The van der Waals surface area contributed by atoms with Gasteiger partial charge in [-0.25, -0.2) is 16.8 Å². The van der Waals surface area contributed by atoms with Crippen LogP contribution in [0.15, 0.2) is 156 Å². The third-order valence-electron chi connectivity index (χ3n) is 10.2. The zero-order chi connectivity index (χ0) is 52.6. The topological polar surface area (TPSA) is 423 Å². The van der Waals surface area contributed by atoms with Gasteiger partial charge >= 0.3 is 17.4 Å². The van der Waals surface area contributed by atoms with Crippen molar-refractivity contribution >= 4 is 108 Å². The van der Waals surface area contributed by atoms with Crippen LogP contribution in [0, 0.1) is 37.3 Å². The Bertz CT molecular complexity index is 4030. The number of hydrogen-bond donors (Lipinski definition) is 4. The fraction of sp³-hybridized carbons (Fsp3) is 0.0233. The number of non-ortho nitro benzene ring substituents is 2. The number of phenolic OH excluding ortho intramolecular Hbond substituents is 2. The number of aromatic hydroxyl groups is 2. The van der Waals surface area contributed by atoms with Crippen LogP contribution in [0.1, 0.15) is 5.56 Å². The third-order valence-corrected chi connectivity index (χ3v) is 13.4. The van der Waals surface area contributed by atoms with E-state index in [1.807, 2.05) is 0 Å². The Morgan fingerprint density at radius 3 is 1.78 bits per heavy atom. The van der Waals surface area contributed by atoms with E-state index < -0.39 is 101 Å². The van der Waals surface area contributed by atoms with Crippen molar-refractivity contribution in [2.75, 3.05) is 4.72 Å². The van der Waals surface area contributed by atoms with Crippen LogP contribution in [0.25, 0.3) is 32.3 Å². The fourth-order valence-electron chi connectivity index (χ4n) is 6.84. The summed E-state index contributed by atoms with van der Waals surface area (Å²) < 4.78 is 96.5. The second-order valence-electron chi connectivity index (χ2n) is 14.9. The first kappa shape index (κ1) is 53.6. The molecule has 0 fully saturated rings. The standard InChI is InChI=1S/C23H17N5O11S2.C20H13N3O7S.Cr/c1-12-2-6-16(7-3-12)40(35,36)26-14-5-4-13-8-20(41(37,38)39)21(22(29)17(13)9-14)25-24-18-10-15(27(31)32)11-19(23(18)30)28(33)34;24-16-8-5-11-3-1-2-4-13(11)19(16)21-22-20-14-7-6-12(23(26)27)9-15(14)18(10-17(20)25)31(28,29)30;/h2-11,26,29-30H,1H3,(H,37,38,39);1-10,24-25H,(H,28,29,30);/q;;+3/p-3. The van der Waals surface area contributed by atoms with E-state index in [4.69, 9.17) is 0 Å². The minimum absolute atomic E-state index is 0. The summed E-state index contributed by atoms with van der Waals surface area (Å²) in [5, 5.41) is 95.0. The van der Waals surface area contributed by atoms with Crippen LogP contribution in [0.5, 0.6) is 23.0 Å². The minimum atomic E-state index is -5.39. The molecule has 26 nitrogen and oxygen atoms in total. The van der Waals surface area contributed by atoms with Crippen LogP contribution >= 0.6 is 0 Å². The van der Waals surface area contributed by atoms with Crippen LogP contribution in [0.4, 0.5) is 45.5 Å². The quantitative estimate of drug-likeness (QED) is 0.0387. The molecule has 0 atom stereocenters. The molecule has 0 unspecified atom stereocenters. The molecule has 0 heterocycles. The molecule has 73 heavy (non-hydrogen) atoms. The first-order valence-electron chi connectivity index (χ1n) is 19.7. The maximum atomic E-state index is 13.2. The van der Waals surface area contributed by atoms with E-state index >= 15 is 0 Å². The Morgan fingerprint density at radius 2 is 1.16 bits per heavy atom. The Morgan fingerprint density at radius 1 is 0.548 bits per heavy atom. The molecule has 0 aliphatic heterocycles. The van der Waals surface area contributed by atoms with Crippen LogP contribution in [-0.2, 0) is 47.6 Å². The minimum Gasteiger partial charge on any atom is -0.871 e. The smallest absolute Gasteiger partial charge is 0.871 e. The zero-order valence-electron chi connectivity index (χ0n) is 36.3. The van der Waals surface area contributed by atoms with Gasteiger partial charge in [0.1, 0.15) is 37.9 Å². The molecule has 8 aromatic carbocycles. The van der Waals surface area contributed by atoms with Crippen molar-refractivity contribution in [3.05, 3.63) is 157 Å². The van der Waals surface area contributed by atoms with Crippen LogP contribution in [0.2, 0.25) is 0 Å². The molecule has 0 saturated carbocycles. The van der Waals surface area contributed by atoms with Crippen LogP contribution < -0.4 is 14.9 Å². The van der Waals surface area contributed by atoms with Gasteiger partial charge in [0.25, 0.3) is 37.2 Å². The summed E-state index contributed by atoms with van der Waals surface area (Å²) >= 11 is 0. The van der Waals surface area contributed by atoms with Gasteiger partial charge in [-0.3, -0.25) is 39.6 Å². The van der Waals surface area contributed by atoms with Crippen molar-refractivity contribution in [2.24, 2.45) is 20.5 Å². The molecule has 0 saturated heterocycles. The Labute approximate surface area is 420 Å². The predicted octanol–water partition coefficient (Wildman–Crippen LogP) is 8.20. The normalized spacial score (nSPS) is 11.9. The summed E-state index contributed by atoms with van der Waals surface area (Å²) in [5.74, 6) is -3.46. The van der Waals surface area contributed by atoms with Crippen LogP contribution in [-0.4, -0.2) is 59.3 Å². The largest absolute Gasteiger partial charge is 3.00 e. The van der Waals surface area contributed by atoms with E-state index in [9.17, 15) is 85.1 Å². The van der Waals surface area contributed by atoms with Gasteiger partial charge in [0.15, 0.2) is 0 Å². The molecule has 8 rings (SSSR count). The van der Waals surface area contributed by atoms with Gasteiger partial charge in [0, 0.05) is 51.9 Å². The van der Waals surface area contributed by atoms with Gasteiger partial charge in [-0.2, -0.15) is 13.5 Å². The Kier molecular flexibility index (Phi) is 15.1. The number of azo groups is 2. The van der Waals surface area contributed by atoms with E-state index in [0.717, 1.165) is 41.3 Å². The van der Waals surface area contributed by atoms with Crippen molar-refractivity contribution in [2.45, 2.75) is 21.6 Å². The van der Waals surface area contributed by atoms with Gasteiger partial charge in [0.05, 0.1) is 42.0 Å². The molecule has 1 radical (unpaired) electrons. The third kappa shape index (κ3) is 11.4. The van der Waals surface area contributed by atoms with Crippen LogP contribution in [0.3, 0.4) is 0 Å². The molecule has 0 aliphatic carbocycles. The zero-order valence-corrected chi connectivity index (χ0v) is 40.0. The molecule has 0 bridgehead atoms. The van der Waals surface area contributed by atoms with E-state index in [1.165, 1.54) is 36.4 Å². The number of aryl methyl sites for hydroxylation is 1. The fourth-order valence-corrected chi connectivity index (χ4v) is 9.24. The summed E-state index contributed by atoms with van der Waals surface area (Å²) in [5.41, 5.74) is -4.07. The summed E-state index contributed by atoms with van der Waals surface area (Å²) in [4.78, 5) is 28.4. The number of rotatable bonds is 12. The predicted molar refractivity (Wildman–Crippen MR) is 249 cm³/mol. The van der Waals surface area contributed by atoms with Gasteiger partial charge < -0.3 is 25.0 Å². The summed E-state index contributed by atoms with van der Waals surface area (Å²) in [6.45, 7) is 1.76. The number of fused-ring (bicyclic) bond motifs is 3. The van der Waals surface area contributed by atoms with E-state index in [0.29, 0.717) is 17.5 Å². The maximum Gasteiger partial charge on any atom is 3.00 e. The second-order valence-corrected chi connectivity index (χ2v) is 19.4. The average Bonchev–Trinajstić information content (AvgIpc) is 3.31. The first-order valence-corrected chi connectivity index (χ1v) is 24.0. The molecule has 4 N–H and O–H groups in total. The van der Waals surface area contributed by atoms with Gasteiger partial charge in [0.2, 0.25) is 0 Å². The molecule has 0 aromatic heterocycles. The van der Waals surface area contributed by atoms with Gasteiger partial charge in [-0.1, -0.05) is 59.8 Å². The molecule has 30 heteroatoms. The first-order chi connectivity index (χ1) is 33.7. The number of hydrogen-bond acceptors (Lipinski definition) is 21. The van der Waals surface area contributed by atoms with Crippen molar-refractivity contribution < 1.29 is 86.9 Å². The molecule has 8 aromatic rings. The average molecular weight is 1090 g/mol. The molecular formula is C43H27CrN8O18S3. The van der Waals surface area contributed by atoms with Crippen molar-refractivity contribution in [3.63, 3.8) is 0 Å². The van der Waals surface area contributed by atoms with Crippen molar-refractivity contribution in [3.8, 4) is 23.0 Å². The number of anilines is 1. The molecule has 0 spiro atoms. The number of nitro groups is 3. The number of phenols is 2. The summed E-state index contributed by atoms with van der Waals surface area (Å²) in [6, 6.07) is 25.1. The molecule has 0 aliphatic rings. The van der Waals surface area contributed by atoms with Gasteiger partial charge in [-0.05, 0) is 65.5 Å². The van der Waals surface area contributed by atoms with E-state index in [1.54, 1.807) is 49.4 Å². The summed E-state index contributed by atoms with van der Waals surface area (Å²) in [7, 11) is -14.3. The number of nitrogens with one attached hydrogen (secondary N) is 1. The Hall–Kier alpha value is -8.76. The van der Waals surface area contributed by atoms with Crippen molar-refractivity contribution in [1.29, 1.82) is 0 Å². The number of nitro benzene ring substituents is 3. The maximum absolute atomic E-state index is 13.2. The van der Waals surface area contributed by atoms with Crippen molar-refractivity contribution in [1.82, 2.24) is 0 Å². The SMILES string of the molecule is Cc1ccc(S(=O)(=O)Nc2ccc3cc(S(=O)(=O)[O-])c(N=Nc4cc([N+](=O)[O-])cc([N+](=O)[O-])c4[O-])c([O-])c3c2)cc1.O=[N+]([O-])c1ccc2c(N=Nc3c(O)ccc4ccccc34)c(O)cc(S(=O)(=O)O)c2c1.[Cr+3]. The molecule has 371 valence electrons. The number of sulfonamides is 1. The number of nitrogens with zero attached hydrogens (tertiary/aromatic N) is 7. The monoisotopic (exact) mass is 1090 g/mol. The second kappa shape index (κ2) is 20.5. The number of benzene rings is 8. The Balaban J connectivity index is 0.000000243. The molecular weight excluding hydrogens is 1060 g/mol. The molecule has 0 amide bonds.